The van der Waals surface area contributed by atoms with Gasteiger partial charge in [-0.2, -0.15) is 0 Å². The molecule has 0 unspecified atom stereocenters. The first kappa shape index (κ1) is 15.4. The van der Waals surface area contributed by atoms with Crippen LogP contribution in [0.15, 0.2) is 11.6 Å². The van der Waals surface area contributed by atoms with Gasteiger partial charge in [-0.25, -0.2) is 0 Å². The van der Waals surface area contributed by atoms with E-state index in [1.807, 2.05) is 6.08 Å². The van der Waals surface area contributed by atoms with Crippen LogP contribution in [-0.2, 0) is 13.6 Å². The number of carbonyl (C=O) groups is 1. The average molecular weight is 308 g/mol. The Morgan fingerprint density at radius 2 is 1.71 bits per heavy atom. The second-order valence-corrected chi connectivity index (χ2v) is 13.6. The highest BCUT2D eigenvalue weighted by Gasteiger charge is 2.66. The maximum absolute atomic E-state index is 11.8. The standard InChI is InChI=1S/C17H28O3Si/c1-16(2,3)21(17(4,5)6)19-14-8-7-11-9-12(18)10-13(11)15(14)20-21/h9,13-15H,7-8,10H2,1-6H3/t13-,14-,15-/m0/s1. The largest absolute Gasteiger partial charge is 0.388 e. The molecule has 1 aliphatic heterocycles. The van der Waals surface area contributed by atoms with Crippen LogP contribution < -0.4 is 0 Å². The molecule has 0 N–H and O–H groups in total. The quantitative estimate of drug-likeness (QED) is 0.631. The van der Waals surface area contributed by atoms with Crippen molar-refractivity contribution in [1.82, 2.24) is 0 Å². The van der Waals surface area contributed by atoms with E-state index in [4.69, 9.17) is 8.85 Å². The Labute approximate surface area is 129 Å². The lowest BCUT2D eigenvalue weighted by atomic mass is 9.82. The van der Waals surface area contributed by atoms with Crippen LogP contribution in [0.25, 0.3) is 0 Å². The van der Waals surface area contributed by atoms with Gasteiger partial charge in [-0.05, 0) is 18.9 Å². The zero-order chi connectivity index (χ0) is 15.6. The first-order chi connectivity index (χ1) is 9.55. The fraction of sp³-hybridized carbons (Fsp3) is 0.824. The third kappa shape index (κ3) is 2.18. The van der Waals surface area contributed by atoms with Gasteiger partial charge in [-0.1, -0.05) is 47.1 Å². The van der Waals surface area contributed by atoms with E-state index in [1.54, 1.807) is 0 Å². The maximum atomic E-state index is 11.8. The molecule has 2 fully saturated rings. The normalized spacial score (nSPS) is 35.4. The van der Waals surface area contributed by atoms with Crippen molar-refractivity contribution in [3.05, 3.63) is 11.6 Å². The van der Waals surface area contributed by atoms with E-state index in [-0.39, 0.29) is 34.0 Å². The molecule has 0 aromatic carbocycles. The summed E-state index contributed by atoms with van der Waals surface area (Å²) in [6.07, 6.45) is 4.77. The van der Waals surface area contributed by atoms with Crippen molar-refractivity contribution < 1.29 is 13.6 Å². The average Bonchev–Trinajstić information content (AvgIpc) is 2.85. The van der Waals surface area contributed by atoms with Crippen molar-refractivity contribution in [3.8, 4) is 0 Å². The van der Waals surface area contributed by atoms with Crippen LogP contribution in [0.5, 0.6) is 0 Å². The van der Waals surface area contributed by atoms with Gasteiger partial charge in [0.1, 0.15) is 0 Å². The molecule has 0 radical (unpaired) electrons. The third-order valence-corrected chi connectivity index (χ3v) is 10.5. The summed E-state index contributed by atoms with van der Waals surface area (Å²) in [6, 6.07) is 0. The first-order valence-electron chi connectivity index (χ1n) is 8.14. The topological polar surface area (TPSA) is 35.5 Å². The van der Waals surface area contributed by atoms with E-state index in [9.17, 15) is 4.79 Å². The summed E-state index contributed by atoms with van der Waals surface area (Å²) in [5.74, 6) is 0.542. The van der Waals surface area contributed by atoms with E-state index >= 15 is 0 Å². The van der Waals surface area contributed by atoms with Gasteiger partial charge in [0, 0.05) is 22.4 Å². The Kier molecular flexibility index (Phi) is 3.33. The van der Waals surface area contributed by atoms with Gasteiger partial charge in [-0.15, -0.1) is 0 Å². The lowest BCUT2D eigenvalue weighted by Crippen LogP contribution is -2.54. The summed E-state index contributed by atoms with van der Waals surface area (Å²) in [6.45, 7) is 13.5. The predicted molar refractivity (Wildman–Crippen MR) is 85.4 cm³/mol. The molecule has 3 nitrogen and oxygen atoms in total. The molecule has 0 bridgehead atoms. The molecule has 3 atom stereocenters. The summed E-state index contributed by atoms with van der Waals surface area (Å²) in [4.78, 5) is 11.8. The molecule has 0 amide bonds. The van der Waals surface area contributed by atoms with Gasteiger partial charge >= 0.3 is 8.56 Å². The molecule has 0 spiro atoms. The van der Waals surface area contributed by atoms with Crippen LogP contribution in [0.4, 0.5) is 0 Å². The molecule has 1 saturated carbocycles. The van der Waals surface area contributed by atoms with Crippen molar-refractivity contribution in [2.75, 3.05) is 0 Å². The zero-order valence-electron chi connectivity index (χ0n) is 14.2. The van der Waals surface area contributed by atoms with Crippen LogP contribution in [-0.4, -0.2) is 26.6 Å². The van der Waals surface area contributed by atoms with Gasteiger partial charge in [-0.3, -0.25) is 4.79 Å². The number of carbonyl (C=O) groups excluding carboxylic acids is 1. The number of hydrogen-bond donors (Lipinski definition) is 0. The van der Waals surface area contributed by atoms with Crippen molar-refractivity contribution in [2.24, 2.45) is 5.92 Å². The Hall–Kier alpha value is -0.453. The summed E-state index contributed by atoms with van der Waals surface area (Å²) >= 11 is 0. The van der Waals surface area contributed by atoms with Gasteiger partial charge in [0.15, 0.2) is 5.78 Å². The van der Waals surface area contributed by atoms with Crippen LogP contribution in [0.2, 0.25) is 10.1 Å². The van der Waals surface area contributed by atoms with Crippen LogP contribution >= 0.6 is 0 Å². The Balaban J connectivity index is 1.96. The van der Waals surface area contributed by atoms with E-state index in [0.29, 0.717) is 6.42 Å². The SMILES string of the molecule is CC(C)(C)[Si]1(C(C)(C)C)O[C@@H]2[C@H](CCC3=CC(=O)C[C@@H]32)O1. The van der Waals surface area contributed by atoms with Gasteiger partial charge in [0.25, 0.3) is 0 Å². The zero-order valence-corrected chi connectivity index (χ0v) is 15.2. The van der Waals surface area contributed by atoms with E-state index < -0.39 is 8.56 Å². The molecule has 3 aliphatic rings. The number of rotatable bonds is 0. The summed E-state index contributed by atoms with van der Waals surface area (Å²) < 4.78 is 13.5. The van der Waals surface area contributed by atoms with Gasteiger partial charge in [0.05, 0.1) is 12.2 Å². The summed E-state index contributed by atoms with van der Waals surface area (Å²) in [5.41, 5.74) is 1.30. The molecular weight excluding hydrogens is 280 g/mol. The third-order valence-electron chi connectivity index (χ3n) is 5.32. The van der Waals surface area contributed by atoms with Crippen molar-refractivity contribution in [3.63, 3.8) is 0 Å². The Bertz CT molecular complexity index is 481. The number of hydrogen-bond acceptors (Lipinski definition) is 3. The highest BCUT2D eigenvalue weighted by atomic mass is 28.4. The predicted octanol–water partition coefficient (Wildman–Crippen LogP) is 4.12. The second-order valence-electron chi connectivity index (χ2n) is 8.89. The maximum Gasteiger partial charge on any atom is 0.349 e. The van der Waals surface area contributed by atoms with Crippen molar-refractivity contribution >= 4 is 14.3 Å². The number of ketones is 1. The van der Waals surface area contributed by atoms with Crippen molar-refractivity contribution in [2.45, 2.75) is 83.1 Å². The molecule has 2 aliphatic carbocycles. The monoisotopic (exact) mass is 308 g/mol. The Morgan fingerprint density at radius 3 is 2.29 bits per heavy atom. The second kappa shape index (κ2) is 4.53. The van der Waals surface area contributed by atoms with Gasteiger partial charge < -0.3 is 8.85 Å². The van der Waals surface area contributed by atoms with E-state index in [1.165, 1.54) is 5.57 Å². The van der Waals surface area contributed by atoms with Crippen LogP contribution in [0.3, 0.4) is 0 Å². The molecule has 118 valence electrons. The number of fused-ring (bicyclic) bond motifs is 3. The molecule has 4 heteroatoms. The summed E-state index contributed by atoms with van der Waals surface area (Å²) in [7, 11) is -2.38. The molecule has 3 rings (SSSR count). The molecular formula is C17H28O3Si. The fourth-order valence-electron chi connectivity index (χ4n) is 4.59. The smallest absolute Gasteiger partial charge is 0.349 e. The van der Waals surface area contributed by atoms with Crippen LogP contribution in [0.1, 0.15) is 60.8 Å². The molecule has 0 aromatic rings. The highest BCUT2D eigenvalue weighted by molar-refractivity contribution is 6.74. The van der Waals surface area contributed by atoms with Crippen LogP contribution in [0, 0.1) is 5.92 Å². The summed E-state index contributed by atoms with van der Waals surface area (Å²) in [5, 5.41) is 0.0458. The van der Waals surface area contributed by atoms with Gasteiger partial charge in [0.2, 0.25) is 0 Å². The highest BCUT2D eigenvalue weighted by Crippen LogP contribution is 2.59. The molecule has 0 aromatic heterocycles. The lowest BCUT2D eigenvalue weighted by molar-refractivity contribution is -0.115. The van der Waals surface area contributed by atoms with E-state index in [2.05, 4.69) is 41.5 Å². The first-order valence-corrected chi connectivity index (χ1v) is 9.96. The minimum absolute atomic E-state index is 0.0229. The Morgan fingerprint density at radius 1 is 1.10 bits per heavy atom. The molecule has 1 heterocycles. The number of allylic oxidation sites excluding steroid dienone is 1. The minimum Gasteiger partial charge on any atom is -0.388 e. The van der Waals surface area contributed by atoms with Crippen molar-refractivity contribution in [1.29, 1.82) is 0 Å². The molecule has 21 heavy (non-hydrogen) atoms. The minimum atomic E-state index is -2.38. The fourth-order valence-corrected chi connectivity index (χ4v) is 9.68. The lowest BCUT2D eigenvalue weighted by Gasteiger charge is -2.45. The molecule has 1 saturated heterocycles. The van der Waals surface area contributed by atoms with E-state index in [0.717, 1.165) is 12.8 Å².